The molecule has 0 saturated heterocycles. The number of hydrogen-bond donors (Lipinski definition) is 0. The first-order valence-corrected chi connectivity index (χ1v) is 8.83. The van der Waals surface area contributed by atoms with Crippen molar-refractivity contribution in [1.29, 1.82) is 0 Å². The highest BCUT2D eigenvalue weighted by Gasteiger charge is 2.23. The molecule has 3 heterocycles. The largest absolute Gasteiger partial charge is 0.462 e. The van der Waals surface area contributed by atoms with Crippen molar-refractivity contribution in [2.75, 3.05) is 6.61 Å². The lowest BCUT2D eigenvalue weighted by Crippen LogP contribution is -2.22. The fourth-order valence-electron chi connectivity index (χ4n) is 2.90. The maximum atomic E-state index is 14.5. The Balaban J connectivity index is 1.91. The molecule has 132 valence electrons. The van der Waals surface area contributed by atoms with Gasteiger partial charge in [-0.1, -0.05) is 12.1 Å². The normalized spacial score (nSPS) is 11.3. The number of esters is 1. The first kappa shape index (κ1) is 16.5. The number of nitrogens with zero attached hydrogens (tertiary/aromatic N) is 3. The molecule has 0 saturated carbocycles. The van der Waals surface area contributed by atoms with Crippen molar-refractivity contribution in [3.05, 3.63) is 69.3 Å². The minimum absolute atomic E-state index is 0.0183. The Morgan fingerprint density at radius 3 is 2.88 bits per heavy atom. The Morgan fingerprint density at radius 1 is 1.27 bits per heavy atom. The summed E-state index contributed by atoms with van der Waals surface area (Å²) < 4.78 is 22.8. The molecule has 0 N–H and O–H groups in total. The fourth-order valence-corrected chi connectivity index (χ4v) is 4.02. The van der Waals surface area contributed by atoms with Gasteiger partial charge in [0.15, 0.2) is 5.65 Å². The van der Waals surface area contributed by atoms with E-state index in [0.717, 1.165) is 11.3 Å². The molecule has 0 fully saturated rings. The van der Waals surface area contributed by atoms with Crippen LogP contribution in [0.2, 0.25) is 0 Å². The van der Waals surface area contributed by atoms with E-state index in [0.29, 0.717) is 21.3 Å². The van der Waals surface area contributed by atoms with E-state index in [4.69, 9.17) is 4.74 Å². The molecular formula is C18H14FN3O3S. The van der Waals surface area contributed by atoms with E-state index < -0.39 is 11.8 Å². The molecule has 0 aliphatic heterocycles. The topological polar surface area (TPSA) is 65.6 Å². The third kappa shape index (κ3) is 2.59. The van der Waals surface area contributed by atoms with Crippen LogP contribution in [0.15, 0.2) is 47.4 Å². The second-order valence-corrected chi connectivity index (χ2v) is 6.66. The molecule has 0 amide bonds. The SMILES string of the molecule is CCOC(=O)c1sc2cccc(F)c2c1Cn1nc2ccccn2c1=O. The number of thiophene rings is 1. The maximum Gasteiger partial charge on any atom is 0.350 e. The molecular weight excluding hydrogens is 357 g/mol. The van der Waals surface area contributed by atoms with E-state index >= 15 is 0 Å². The molecule has 4 rings (SSSR count). The molecule has 0 aliphatic rings. The molecule has 26 heavy (non-hydrogen) atoms. The quantitative estimate of drug-likeness (QED) is 0.517. The first-order valence-electron chi connectivity index (χ1n) is 8.01. The van der Waals surface area contributed by atoms with Crippen LogP contribution in [-0.2, 0) is 11.3 Å². The number of aromatic nitrogens is 3. The number of ether oxygens (including phenoxy) is 1. The van der Waals surface area contributed by atoms with Gasteiger partial charge in [-0.05, 0) is 31.2 Å². The zero-order valence-corrected chi connectivity index (χ0v) is 14.6. The van der Waals surface area contributed by atoms with Crippen LogP contribution in [0.1, 0.15) is 22.2 Å². The van der Waals surface area contributed by atoms with Gasteiger partial charge >= 0.3 is 11.7 Å². The number of halogens is 1. The summed E-state index contributed by atoms with van der Waals surface area (Å²) in [5.74, 6) is -0.971. The van der Waals surface area contributed by atoms with Crippen LogP contribution in [0.4, 0.5) is 4.39 Å². The van der Waals surface area contributed by atoms with Crippen molar-refractivity contribution in [2.24, 2.45) is 0 Å². The lowest BCUT2D eigenvalue weighted by Gasteiger charge is -2.04. The van der Waals surface area contributed by atoms with E-state index in [1.165, 1.54) is 15.1 Å². The van der Waals surface area contributed by atoms with Crippen LogP contribution in [0.5, 0.6) is 0 Å². The molecule has 4 aromatic rings. The Labute approximate surface area is 151 Å². The second-order valence-electron chi connectivity index (χ2n) is 5.61. The summed E-state index contributed by atoms with van der Waals surface area (Å²) in [7, 11) is 0. The van der Waals surface area contributed by atoms with Crippen LogP contribution in [0.25, 0.3) is 15.7 Å². The van der Waals surface area contributed by atoms with Crippen LogP contribution < -0.4 is 5.69 Å². The number of fused-ring (bicyclic) bond motifs is 2. The molecule has 0 radical (unpaired) electrons. The van der Waals surface area contributed by atoms with Crippen LogP contribution >= 0.6 is 11.3 Å². The van der Waals surface area contributed by atoms with Crippen molar-refractivity contribution in [3.63, 3.8) is 0 Å². The molecule has 0 spiro atoms. The average molecular weight is 371 g/mol. The minimum atomic E-state index is -0.528. The Morgan fingerprint density at radius 2 is 2.12 bits per heavy atom. The standard InChI is InChI=1S/C18H14FN3O3S/c1-2-25-17(23)16-11(15-12(19)6-5-7-13(15)26-16)10-22-18(24)21-9-4-3-8-14(21)20-22/h3-9H,2,10H2,1H3. The summed E-state index contributed by atoms with van der Waals surface area (Å²) in [4.78, 5) is 25.2. The van der Waals surface area contributed by atoms with Gasteiger partial charge in [0.1, 0.15) is 10.7 Å². The average Bonchev–Trinajstić information content (AvgIpc) is 3.15. The van der Waals surface area contributed by atoms with Gasteiger partial charge in [0, 0.05) is 21.8 Å². The van der Waals surface area contributed by atoms with Crippen LogP contribution in [0.3, 0.4) is 0 Å². The zero-order valence-electron chi connectivity index (χ0n) is 13.8. The van der Waals surface area contributed by atoms with Gasteiger partial charge < -0.3 is 4.74 Å². The summed E-state index contributed by atoms with van der Waals surface area (Å²) in [6, 6.07) is 9.86. The zero-order chi connectivity index (χ0) is 18.3. The fraction of sp³-hybridized carbons (Fsp3) is 0.167. The molecule has 3 aromatic heterocycles. The minimum Gasteiger partial charge on any atom is -0.462 e. The number of benzene rings is 1. The molecule has 0 unspecified atom stereocenters. The summed E-state index contributed by atoms with van der Waals surface area (Å²) in [5, 5.41) is 4.59. The second kappa shape index (κ2) is 6.38. The third-order valence-corrected chi connectivity index (χ3v) is 5.20. The van der Waals surface area contributed by atoms with E-state index in [-0.39, 0.29) is 23.7 Å². The summed E-state index contributed by atoms with van der Waals surface area (Å²) >= 11 is 1.15. The molecule has 6 nitrogen and oxygen atoms in total. The Kier molecular flexibility index (Phi) is 4.04. The van der Waals surface area contributed by atoms with Crippen molar-refractivity contribution in [2.45, 2.75) is 13.5 Å². The number of pyridine rings is 1. The third-order valence-electron chi connectivity index (χ3n) is 4.02. The monoisotopic (exact) mass is 371 g/mol. The lowest BCUT2D eigenvalue weighted by atomic mass is 10.1. The van der Waals surface area contributed by atoms with E-state index in [1.54, 1.807) is 43.5 Å². The predicted molar refractivity (Wildman–Crippen MR) is 96.3 cm³/mol. The van der Waals surface area contributed by atoms with E-state index in [1.807, 2.05) is 0 Å². The molecule has 8 heteroatoms. The van der Waals surface area contributed by atoms with Crippen molar-refractivity contribution in [3.8, 4) is 0 Å². The van der Waals surface area contributed by atoms with E-state index in [2.05, 4.69) is 5.10 Å². The first-order chi connectivity index (χ1) is 12.6. The smallest absolute Gasteiger partial charge is 0.350 e. The lowest BCUT2D eigenvalue weighted by molar-refractivity contribution is 0.0531. The molecule has 0 atom stereocenters. The highest BCUT2D eigenvalue weighted by molar-refractivity contribution is 7.21. The Hall–Kier alpha value is -3.00. The van der Waals surface area contributed by atoms with Crippen molar-refractivity contribution >= 4 is 33.0 Å². The van der Waals surface area contributed by atoms with Gasteiger partial charge in [0.2, 0.25) is 0 Å². The van der Waals surface area contributed by atoms with Gasteiger partial charge in [0.25, 0.3) is 0 Å². The highest BCUT2D eigenvalue weighted by Crippen LogP contribution is 2.34. The summed E-state index contributed by atoms with van der Waals surface area (Å²) in [6.07, 6.45) is 1.61. The van der Waals surface area contributed by atoms with Gasteiger partial charge in [0.05, 0.1) is 13.2 Å². The summed E-state index contributed by atoms with van der Waals surface area (Å²) in [5.41, 5.74) is 0.536. The molecule has 0 aliphatic carbocycles. The number of carbonyl (C=O) groups excluding carboxylic acids is 1. The molecule has 0 bridgehead atoms. The van der Waals surface area contributed by atoms with Gasteiger partial charge in [-0.2, -0.15) is 0 Å². The van der Waals surface area contributed by atoms with Gasteiger partial charge in [-0.15, -0.1) is 16.4 Å². The van der Waals surface area contributed by atoms with Crippen molar-refractivity contribution < 1.29 is 13.9 Å². The maximum absolute atomic E-state index is 14.5. The predicted octanol–water partition coefficient (Wildman–Crippen LogP) is 3.07. The number of hydrogen-bond acceptors (Lipinski definition) is 5. The number of carbonyl (C=O) groups is 1. The van der Waals surface area contributed by atoms with Crippen LogP contribution in [0, 0.1) is 5.82 Å². The van der Waals surface area contributed by atoms with Gasteiger partial charge in [-0.3, -0.25) is 4.40 Å². The Bertz CT molecular complexity index is 1190. The van der Waals surface area contributed by atoms with Crippen LogP contribution in [-0.4, -0.2) is 26.8 Å². The summed E-state index contributed by atoms with van der Waals surface area (Å²) in [6.45, 7) is 1.90. The van der Waals surface area contributed by atoms with Gasteiger partial charge in [-0.25, -0.2) is 18.7 Å². The highest BCUT2D eigenvalue weighted by atomic mass is 32.1. The molecule has 1 aromatic carbocycles. The van der Waals surface area contributed by atoms with E-state index in [9.17, 15) is 14.0 Å². The van der Waals surface area contributed by atoms with Crippen molar-refractivity contribution in [1.82, 2.24) is 14.2 Å². The number of rotatable bonds is 4.